The van der Waals surface area contributed by atoms with Crippen molar-refractivity contribution in [3.05, 3.63) is 65.2 Å². The molecule has 0 aromatic heterocycles. The molecule has 0 aliphatic heterocycles. The van der Waals surface area contributed by atoms with E-state index in [1.807, 2.05) is 19.1 Å². The zero-order chi connectivity index (χ0) is 14.4. The van der Waals surface area contributed by atoms with Crippen LogP contribution in [0.4, 0.5) is 0 Å². The van der Waals surface area contributed by atoms with Crippen LogP contribution < -0.4 is 10.5 Å². The lowest BCUT2D eigenvalue weighted by atomic mass is 9.99. The Hall–Kier alpha value is -1.80. The number of hydrogen-bond donors (Lipinski definition) is 1. The minimum Gasteiger partial charge on any atom is -0.494 e. The van der Waals surface area contributed by atoms with Crippen LogP contribution in [-0.2, 0) is 12.8 Å². The molecule has 0 bridgehead atoms. The van der Waals surface area contributed by atoms with Gasteiger partial charge in [-0.1, -0.05) is 42.0 Å². The van der Waals surface area contributed by atoms with E-state index in [0.717, 1.165) is 18.6 Å². The molecule has 0 aliphatic rings. The van der Waals surface area contributed by atoms with Gasteiger partial charge in [0.15, 0.2) is 0 Å². The largest absolute Gasteiger partial charge is 0.494 e. The minimum atomic E-state index is 0.148. The number of hydrogen-bond acceptors (Lipinski definition) is 2. The highest BCUT2D eigenvalue weighted by molar-refractivity contribution is 5.28. The second kappa shape index (κ2) is 7.11. The molecule has 1 unspecified atom stereocenters. The van der Waals surface area contributed by atoms with Crippen LogP contribution in [0.1, 0.15) is 23.6 Å². The van der Waals surface area contributed by atoms with Crippen LogP contribution in [0.25, 0.3) is 0 Å². The fourth-order valence-electron chi connectivity index (χ4n) is 2.41. The van der Waals surface area contributed by atoms with Gasteiger partial charge in [-0.3, -0.25) is 0 Å². The van der Waals surface area contributed by atoms with Crippen molar-refractivity contribution >= 4 is 0 Å². The van der Waals surface area contributed by atoms with Crippen LogP contribution in [-0.4, -0.2) is 12.6 Å². The van der Waals surface area contributed by atoms with E-state index in [-0.39, 0.29) is 6.04 Å². The highest BCUT2D eigenvalue weighted by Crippen LogP contribution is 2.14. The summed E-state index contributed by atoms with van der Waals surface area (Å²) in [6, 6.07) is 16.9. The molecule has 0 saturated heterocycles. The SMILES string of the molecule is CCOc1ccc(CC(N)Cc2cccc(C)c2)cc1. The molecule has 2 rings (SSSR count). The molecule has 2 aromatic carbocycles. The standard InChI is InChI=1S/C18H23NO/c1-3-20-18-9-7-15(8-10-18)12-17(19)13-16-6-4-5-14(2)11-16/h4-11,17H,3,12-13,19H2,1-2H3. The zero-order valence-electron chi connectivity index (χ0n) is 12.3. The van der Waals surface area contributed by atoms with Crippen molar-refractivity contribution in [3.63, 3.8) is 0 Å². The van der Waals surface area contributed by atoms with Gasteiger partial charge in [-0.05, 0) is 49.9 Å². The van der Waals surface area contributed by atoms with Gasteiger partial charge in [0, 0.05) is 6.04 Å². The van der Waals surface area contributed by atoms with Crippen molar-refractivity contribution in [2.75, 3.05) is 6.61 Å². The molecule has 2 aromatic rings. The molecule has 0 spiro atoms. The molecule has 2 nitrogen and oxygen atoms in total. The summed E-state index contributed by atoms with van der Waals surface area (Å²) < 4.78 is 5.44. The van der Waals surface area contributed by atoms with E-state index in [0.29, 0.717) is 6.61 Å². The molecule has 1 atom stereocenters. The molecule has 106 valence electrons. The highest BCUT2D eigenvalue weighted by atomic mass is 16.5. The molecule has 2 heteroatoms. The lowest BCUT2D eigenvalue weighted by molar-refractivity contribution is 0.340. The molecule has 2 N–H and O–H groups in total. The van der Waals surface area contributed by atoms with Crippen LogP contribution in [0.3, 0.4) is 0 Å². The summed E-state index contributed by atoms with van der Waals surface area (Å²) in [7, 11) is 0. The molecule has 0 saturated carbocycles. The van der Waals surface area contributed by atoms with Gasteiger partial charge in [-0.15, -0.1) is 0 Å². The predicted octanol–water partition coefficient (Wildman–Crippen LogP) is 3.51. The number of ether oxygens (including phenoxy) is 1. The maximum Gasteiger partial charge on any atom is 0.119 e. The maximum absolute atomic E-state index is 6.25. The topological polar surface area (TPSA) is 35.2 Å². The molecule has 0 aliphatic carbocycles. The van der Waals surface area contributed by atoms with E-state index in [1.165, 1.54) is 16.7 Å². The third-order valence-corrected chi connectivity index (χ3v) is 3.31. The van der Waals surface area contributed by atoms with Crippen molar-refractivity contribution in [2.45, 2.75) is 32.7 Å². The van der Waals surface area contributed by atoms with Gasteiger partial charge in [0.05, 0.1) is 6.61 Å². The second-order valence-electron chi connectivity index (χ2n) is 5.23. The highest BCUT2D eigenvalue weighted by Gasteiger charge is 2.06. The normalized spacial score (nSPS) is 12.2. The van der Waals surface area contributed by atoms with Crippen molar-refractivity contribution in [1.82, 2.24) is 0 Å². The Labute approximate surface area is 121 Å². The van der Waals surface area contributed by atoms with Gasteiger partial charge < -0.3 is 10.5 Å². The van der Waals surface area contributed by atoms with Crippen LogP contribution >= 0.6 is 0 Å². The fraction of sp³-hybridized carbons (Fsp3) is 0.333. The summed E-state index contributed by atoms with van der Waals surface area (Å²) in [6.45, 7) is 4.80. The predicted molar refractivity (Wildman–Crippen MR) is 84.2 cm³/mol. The van der Waals surface area contributed by atoms with Crippen LogP contribution in [0, 0.1) is 6.92 Å². The summed E-state index contributed by atoms with van der Waals surface area (Å²) in [4.78, 5) is 0. The average Bonchev–Trinajstić information content (AvgIpc) is 2.41. The first-order valence-corrected chi connectivity index (χ1v) is 7.20. The van der Waals surface area contributed by atoms with Crippen molar-refractivity contribution < 1.29 is 4.74 Å². The van der Waals surface area contributed by atoms with E-state index in [4.69, 9.17) is 10.5 Å². The van der Waals surface area contributed by atoms with Gasteiger partial charge in [0.1, 0.15) is 5.75 Å². The second-order valence-corrected chi connectivity index (χ2v) is 5.23. The Morgan fingerprint density at radius 1 is 1.00 bits per heavy atom. The lowest BCUT2D eigenvalue weighted by Crippen LogP contribution is -2.25. The minimum absolute atomic E-state index is 0.148. The Morgan fingerprint density at radius 3 is 2.35 bits per heavy atom. The van der Waals surface area contributed by atoms with Gasteiger partial charge in [0.2, 0.25) is 0 Å². The van der Waals surface area contributed by atoms with Crippen LogP contribution in [0.2, 0.25) is 0 Å². The van der Waals surface area contributed by atoms with Crippen molar-refractivity contribution in [2.24, 2.45) is 5.73 Å². The molecule has 0 radical (unpaired) electrons. The fourth-order valence-corrected chi connectivity index (χ4v) is 2.41. The Morgan fingerprint density at radius 2 is 1.70 bits per heavy atom. The Balaban J connectivity index is 1.92. The smallest absolute Gasteiger partial charge is 0.119 e. The average molecular weight is 269 g/mol. The first kappa shape index (κ1) is 14.6. The summed E-state index contributed by atoms with van der Waals surface area (Å²) >= 11 is 0. The maximum atomic E-state index is 6.25. The molecule has 0 amide bonds. The molecule has 0 heterocycles. The number of rotatable bonds is 6. The summed E-state index contributed by atoms with van der Waals surface area (Å²) in [6.07, 6.45) is 1.80. The summed E-state index contributed by atoms with van der Waals surface area (Å²) in [5, 5.41) is 0. The van der Waals surface area contributed by atoms with Crippen molar-refractivity contribution in [1.29, 1.82) is 0 Å². The Bertz CT molecular complexity index is 533. The lowest BCUT2D eigenvalue weighted by Gasteiger charge is -2.13. The molecular formula is C18H23NO. The first-order chi connectivity index (χ1) is 9.67. The molecular weight excluding hydrogens is 246 g/mol. The quantitative estimate of drug-likeness (QED) is 0.871. The Kier molecular flexibility index (Phi) is 5.19. The van der Waals surface area contributed by atoms with E-state index >= 15 is 0 Å². The third-order valence-electron chi connectivity index (χ3n) is 3.31. The van der Waals surface area contributed by atoms with Crippen molar-refractivity contribution in [3.8, 4) is 5.75 Å². The first-order valence-electron chi connectivity index (χ1n) is 7.20. The van der Waals surface area contributed by atoms with E-state index in [1.54, 1.807) is 0 Å². The molecule has 0 fully saturated rings. The third kappa shape index (κ3) is 4.39. The number of nitrogens with two attached hydrogens (primary N) is 1. The van der Waals surface area contributed by atoms with E-state index < -0.39 is 0 Å². The summed E-state index contributed by atoms with van der Waals surface area (Å²) in [5.74, 6) is 0.920. The number of benzene rings is 2. The van der Waals surface area contributed by atoms with Crippen LogP contribution in [0.15, 0.2) is 48.5 Å². The van der Waals surface area contributed by atoms with Gasteiger partial charge >= 0.3 is 0 Å². The van der Waals surface area contributed by atoms with E-state index in [9.17, 15) is 0 Å². The monoisotopic (exact) mass is 269 g/mol. The molecule has 20 heavy (non-hydrogen) atoms. The van der Waals surface area contributed by atoms with Gasteiger partial charge in [0.25, 0.3) is 0 Å². The van der Waals surface area contributed by atoms with E-state index in [2.05, 4.69) is 43.3 Å². The number of aryl methyl sites for hydroxylation is 1. The van der Waals surface area contributed by atoms with Gasteiger partial charge in [-0.2, -0.15) is 0 Å². The zero-order valence-corrected chi connectivity index (χ0v) is 12.3. The summed E-state index contributed by atoms with van der Waals surface area (Å²) in [5.41, 5.74) is 10.1. The van der Waals surface area contributed by atoms with Gasteiger partial charge in [-0.25, -0.2) is 0 Å². The van der Waals surface area contributed by atoms with Crippen LogP contribution in [0.5, 0.6) is 5.75 Å².